The van der Waals surface area contributed by atoms with E-state index in [4.69, 9.17) is 5.26 Å². The molecule has 0 aliphatic carbocycles. The Morgan fingerprint density at radius 3 is 2.74 bits per heavy atom. The Morgan fingerprint density at radius 2 is 2.16 bits per heavy atom. The predicted molar refractivity (Wildman–Crippen MR) is 79.2 cm³/mol. The van der Waals surface area contributed by atoms with Crippen LogP contribution in [0.3, 0.4) is 0 Å². The molecule has 1 aromatic heterocycles. The summed E-state index contributed by atoms with van der Waals surface area (Å²) in [6.45, 7) is 1.95. The molecule has 6 heteroatoms. The van der Waals surface area contributed by atoms with E-state index in [0.29, 0.717) is 10.9 Å². The van der Waals surface area contributed by atoms with Crippen LogP contribution in [0.25, 0.3) is 11.3 Å². The molecular formula is C13H10BrN3OS. The number of aromatic nitrogens is 2. The largest absolute Gasteiger partial charge is 0.300 e. The van der Waals surface area contributed by atoms with E-state index in [9.17, 15) is 4.79 Å². The average Bonchev–Trinajstić information content (AvgIpc) is 2.36. The summed E-state index contributed by atoms with van der Waals surface area (Å²) in [5.41, 5.74) is 1.83. The van der Waals surface area contributed by atoms with Gasteiger partial charge in [-0.25, -0.2) is 4.98 Å². The second-order valence-corrected chi connectivity index (χ2v) is 5.64. The van der Waals surface area contributed by atoms with Crippen LogP contribution in [-0.4, -0.2) is 16.2 Å². The normalized spacial score (nSPS) is 10.2. The number of nitriles is 1. The molecule has 0 saturated carbocycles. The van der Waals surface area contributed by atoms with Crippen LogP contribution in [0.2, 0.25) is 0 Å². The van der Waals surface area contributed by atoms with Gasteiger partial charge in [0.2, 0.25) is 0 Å². The number of hydrogen-bond donors (Lipinski definition) is 1. The molecule has 96 valence electrons. The highest BCUT2D eigenvalue weighted by Crippen LogP contribution is 2.25. The first-order valence-corrected chi connectivity index (χ1v) is 7.43. The summed E-state index contributed by atoms with van der Waals surface area (Å²) in [4.78, 5) is 18.8. The van der Waals surface area contributed by atoms with Gasteiger partial charge >= 0.3 is 0 Å². The van der Waals surface area contributed by atoms with Crippen molar-refractivity contribution in [3.8, 4) is 17.3 Å². The minimum atomic E-state index is -0.408. The van der Waals surface area contributed by atoms with E-state index >= 15 is 0 Å². The quantitative estimate of drug-likeness (QED) is 0.676. The molecule has 1 heterocycles. The Balaban J connectivity index is 2.77. The lowest BCUT2D eigenvalue weighted by Crippen LogP contribution is -2.14. The lowest BCUT2D eigenvalue weighted by Gasteiger charge is -2.06. The van der Waals surface area contributed by atoms with Crippen LogP contribution in [0.5, 0.6) is 0 Å². The molecule has 1 N–H and O–H groups in total. The molecule has 2 aromatic rings. The van der Waals surface area contributed by atoms with Crippen LogP contribution in [0.15, 0.2) is 32.6 Å². The first-order valence-electron chi connectivity index (χ1n) is 5.41. The minimum absolute atomic E-state index is 0.0373. The zero-order valence-corrected chi connectivity index (χ0v) is 12.7. The summed E-state index contributed by atoms with van der Waals surface area (Å²) in [6.07, 6.45) is 1.82. The van der Waals surface area contributed by atoms with Gasteiger partial charge in [0.25, 0.3) is 5.56 Å². The number of nitrogens with zero attached hydrogens (tertiary/aromatic N) is 2. The van der Waals surface area contributed by atoms with E-state index in [2.05, 4.69) is 25.9 Å². The van der Waals surface area contributed by atoms with Gasteiger partial charge in [-0.3, -0.25) is 4.79 Å². The fourth-order valence-electron chi connectivity index (χ4n) is 1.73. The van der Waals surface area contributed by atoms with Gasteiger partial charge in [-0.1, -0.05) is 27.7 Å². The van der Waals surface area contributed by atoms with Crippen molar-refractivity contribution in [3.63, 3.8) is 0 Å². The number of H-pyrrole nitrogens is 1. The lowest BCUT2D eigenvalue weighted by molar-refractivity contribution is 0.937. The smallest absolute Gasteiger partial charge is 0.270 e. The highest BCUT2D eigenvalue weighted by Gasteiger charge is 2.13. The summed E-state index contributed by atoms with van der Waals surface area (Å²) in [6, 6.07) is 7.63. The zero-order chi connectivity index (χ0) is 14.0. The number of aryl methyl sites for hydroxylation is 1. The van der Waals surface area contributed by atoms with Crippen molar-refractivity contribution in [2.75, 3.05) is 6.26 Å². The van der Waals surface area contributed by atoms with Crippen LogP contribution in [-0.2, 0) is 0 Å². The number of halogens is 1. The first kappa shape index (κ1) is 13.8. The summed E-state index contributed by atoms with van der Waals surface area (Å²) in [5.74, 6) is 0. The van der Waals surface area contributed by atoms with Crippen molar-refractivity contribution in [1.29, 1.82) is 5.26 Å². The molecule has 2 rings (SSSR count). The highest BCUT2D eigenvalue weighted by molar-refractivity contribution is 9.10. The maximum Gasteiger partial charge on any atom is 0.270 e. The highest BCUT2D eigenvalue weighted by atomic mass is 79.9. The van der Waals surface area contributed by atoms with Gasteiger partial charge in [-0.05, 0) is 36.9 Å². The standard InChI is InChI=1S/C13H10BrN3OS/c1-7-3-8(5-9(14)4-7)11-10(6-15)12(18)17-13(16-11)19-2/h3-5H,1-2H3,(H,16,17,18). The molecular weight excluding hydrogens is 326 g/mol. The van der Waals surface area contributed by atoms with Gasteiger partial charge in [0.15, 0.2) is 5.16 Å². The fourth-order valence-corrected chi connectivity index (χ4v) is 2.72. The van der Waals surface area contributed by atoms with Gasteiger partial charge in [0.1, 0.15) is 11.6 Å². The second-order valence-electron chi connectivity index (χ2n) is 3.93. The third kappa shape index (κ3) is 2.88. The Morgan fingerprint density at radius 1 is 1.42 bits per heavy atom. The minimum Gasteiger partial charge on any atom is -0.300 e. The van der Waals surface area contributed by atoms with Crippen molar-refractivity contribution in [2.45, 2.75) is 12.1 Å². The lowest BCUT2D eigenvalue weighted by atomic mass is 10.1. The van der Waals surface area contributed by atoms with Crippen molar-refractivity contribution < 1.29 is 0 Å². The number of thioether (sulfide) groups is 1. The first-order chi connectivity index (χ1) is 9.05. The molecule has 0 radical (unpaired) electrons. The van der Waals surface area contributed by atoms with Crippen molar-refractivity contribution in [3.05, 3.63) is 44.2 Å². The molecule has 0 unspecified atom stereocenters. The number of hydrogen-bond acceptors (Lipinski definition) is 4. The Hall–Kier alpha value is -1.58. The third-order valence-corrected chi connectivity index (χ3v) is 3.56. The van der Waals surface area contributed by atoms with Crippen LogP contribution in [0, 0.1) is 18.3 Å². The molecule has 19 heavy (non-hydrogen) atoms. The van der Waals surface area contributed by atoms with Gasteiger partial charge in [-0.2, -0.15) is 5.26 Å². The summed E-state index contributed by atoms with van der Waals surface area (Å²) < 4.78 is 0.888. The fraction of sp³-hybridized carbons (Fsp3) is 0.154. The average molecular weight is 336 g/mol. The number of nitrogens with one attached hydrogen (secondary N) is 1. The molecule has 0 atom stereocenters. The molecule has 0 aliphatic rings. The second kappa shape index (κ2) is 5.59. The summed E-state index contributed by atoms with van der Waals surface area (Å²) >= 11 is 4.74. The predicted octanol–water partition coefficient (Wildman–Crippen LogP) is 3.10. The van der Waals surface area contributed by atoms with Gasteiger partial charge < -0.3 is 4.98 Å². The molecule has 0 spiro atoms. The SMILES string of the molecule is CSc1nc(-c2cc(C)cc(Br)c2)c(C#N)c(=O)[nH]1. The Labute approximate surface area is 123 Å². The number of aromatic amines is 1. The molecule has 4 nitrogen and oxygen atoms in total. The topological polar surface area (TPSA) is 69.5 Å². The van der Waals surface area contributed by atoms with Crippen LogP contribution < -0.4 is 5.56 Å². The molecule has 0 saturated heterocycles. The van der Waals surface area contributed by atoms with Crippen molar-refractivity contribution >= 4 is 27.7 Å². The van der Waals surface area contributed by atoms with Crippen molar-refractivity contribution in [1.82, 2.24) is 9.97 Å². The number of benzene rings is 1. The van der Waals surface area contributed by atoms with Crippen LogP contribution in [0.1, 0.15) is 11.1 Å². The van der Waals surface area contributed by atoms with E-state index < -0.39 is 5.56 Å². The summed E-state index contributed by atoms with van der Waals surface area (Å²) in [7, 11) is 0. The van der Waals surface area contributed by atoms with Gasteiger partial charge in [0.05, 0.1) is 5.69 Å². The third-order valence-electron chi connectivity index (χ3n) is 2.52. The van der Waals surface area contributed by atoms with Crippen molar-refractivity contribution in [2.24, 2.45) is 0 Å². The molecule has 0 aliphatic heterocycles. The summed E-state index contributed by atoms with van der Waals surface area (Å²) in [5, 5.41) is 9.63. The molecule has 0 bridgehead atoms. The molecule has 0 fully saturated rings. The maximum absolute atomic E-state index is 11.9. The number of rotatable bonds is 2. The van der Waals surface area contributed by atoms with E-state index in [1.54, 1.807) is 0 Å². The molecule has 0 amide bonds. The van der Waals surface area contributed by atoms with Gasteiger partial charge in [-0.15, -0.1) is 0 Å². The van der Waals surface area contributed by atoms with Crippen LogP contribution >= 0.6 is 27.7 Å². The monoisotopic (exact) mass is 335 g/mol. The molecule has 1 aromatic carbocycles. The Bertz CT molecular complexity index is 713. The zero-order valence-electron chi connectivity index (χ0n) is 10.3. The van der Waals surface area contributed by atoms with E-state index in [-0.39, 0.29) is 5.56 Å². The van der Waals surface area contributed by atoms with E-state index in [1.165, 1.54) is 11.8 Å². The maximum atomic E-state index is 11.9. The van der Waals surface area contributed by atoms with Gasteiger partial charge in [0, 0.05) is 10.0 Å². The van der Waals surface area contributed by atoms with E-state index in [0.717, 1.165) is 15.6 Å². The van der Waals surface area contributed by atoms with E-state index in [1.807, 2.05) is 37.4 Å². The van der Waals surface area contributed by atoms with Crippen LogP contribution in [0.4, 0.5) is 0 Å². The Kier molecular flexibility index (Phi) is 4.08.